The highest BCUT2D eigenvalue weighted by molar-refractivity contribution is 5.83. The molecule has 0 spiro atoms. The molecule has 1 rings (SSSR count). The lowest BCUT2D eigenvalue weighted by Crippen LogP contribution is -2.52. The van der Waals surface area contributed by atoms with Crippen molar-refractivity contribution >= 4 is 12.0 Å². The lowest BCUT2D eigenvalue weighted by Gasteiger charge is -2.27. The third-order valence-electron chi connectivity index (χ3n) is 2.92. The summed E-state index contributed by atoms with van der Waals surface area (Å²) in [6, 6.07) is -1.27. The van der Waals surface area contributed by atoms with Gasteiger partial charge in [0.2, 0.25) is 0 Å². The number of rotatable bonds is 5. The van der Waals surface area contributed by atoms with Crippen LogP contribution in [0.4, 0.5) is 4.79 Å². The molecular formula is C12H22N2O3. The summed E-state index contributed by atoms with van der Waals surface area (Å²) in [7, 11) is 0. The number of aliphatic carboxylic acids is 1. The number of hydrogen-bond donors (Lipinski definition) is 3. The van der Waals surface area contributed by atoms with E-state index in [-0.39, 0.29) is 0 Å². The van der Waals surface area contributed by atoms with E-state index in [4.69, 9.17) is 5.11 Å². The van der Waals surface area contributed by atoms with Gasteiger partial charge in [-0.05, 0) is 17.8 Å². The summed E-state index contributed by atoms with van der Waals surface area (Å²) >= 11 is 0. The molecule has 0 saturated heterocycles. The minimum atomic E-state index is -1.00. The first-order valence-corrected chi connectivity index (χ1v) is 6.08. The predicted octanol–water partition coefficient (Wildman–Crippen LogP) is 1.59. The van der Waals surface area contributed by atoms with Gasteiger partial charge >= 0.3 is 12.0 Å². The number of carbonyl (C=O) groups is 2. The number of carboxylic acid groups (broad SMARTS) is 1. The van der Waals surface area contributed by atoms with Crippen LogP contribution >= 0.6 is 0 Å². The topological polar surface area (TPSA) is 78.4 Å². The molecule has 1 aliphatic carbocycles. The van der Waals surface area contributed by atoms with Crippen LogP contribution in [0.2, 0.25) is 0 Å². The monoisotopic (exact) mass is 242 g/mol. The van der Waals surface area contributed by atoms with E-state index in [0.29, 0.717) is 6.54 Å². The quantitative estimate of drug-likeness (QED) is 0.685. The molecule has 98 valence electrons. The van der Waals surface area contributed by atoms with Crippen LogP contribution < -0.4 is 10.6 Å². The standard InChI is InChI=1S/C12H22N2O3/c1-12(2,3)9(10(15)16)14-11(17)13-7-6-8-4-5-8/h8-9H,4-7H2,1-3H3,(H,15,16)(H2,13,14,17)/t9-/m0/s1. The summed E-state index contributed by atoms with van der Waals surface area (Å²) in [6.45, 7) is 5.98. The number of carboxylic acids is 1. The molecule has 0 aromatic rings. The van der Waals surface area contributed by atoms with E-state index in [1.165, 1.54) is 12.8 Å². The van der Waals surface area contributed by atoms with E-state index in [2.05, 4.69) is 10.6 Å². The van der Waals surface area contributed by atoms with Crippen molar-refractivity contribution in [3.8, 4) is 0 Å². The van der Waals surface area contributed by atoms with Crippen molar-refractivity contribution in [3.63, 3.8) is 0 Å². The molecule has 0 aromatic carbocycles. The van der Waals surface area contributed by atoms with Gasteiger partial charge in [0, 0.05) is 6.54 Å². The van der Waals surface area contributed by atoms with Crippen molar-refractivity contribution < 1.29 is 14.7 Å². The molecule has 3 N–H and O–H groups in total. The van der Waals surface area contributed by atoms with Gasteiger partial charge in [-0.3, -0.25) is 0 Å². The molecule has 1 saturated carbocycles. The van der Waals surface area contributed by atoms with Crippen molar-refractivity contribution in [2.45, 2.75) is 46.1 Å². The van der Waals surface area contributed by atoms with E-state index in [9.17, 15) is 9.59 Å². The van der Waals surface area contributed by atoms with Crippen molar-refractivity contribution in [1.29, 1.82) is 0 Å². The second-order valence-electron chi connectivity index (χ2n) is 5.77. The summed E-state index contributed by atoms with van der Waals surface area (Å²) < 4.78 is 0. The van der Waals surface area contributed by atoms with Crippen LogP contribution in [-0.2, 0) is 4.79 Å². The Bertz CT molecular complexity index is 293. The number of nitrogens with one attached hydrogen (secondary N) is 2. The van der Waals surface area contributed by atoms with Gasteiger partial charge in [0.25, 0.3) is 0 Å². The van der Waals surface area contributed by atoms with Crippen LogP contribution in [0.1, 0.15) is 40.0 Å². The molecule has 5 nitrogen and oxygen atoms in total. The van der Waals surface area contributed by atoms with Crippen LogP contribution in [0.5, 0.6) is 0 Å². The zero-order valence-corrected chi connectivity index (χ0v) is 10.7. The molecule has 1 atom stereocenters. The molecular weight excluding hydrogens is 220 g/mol. The maximum Gasteiger partial charge on any atom is 0.326 e. The molecule has 17 heavy (non-hydrogen) atoms. The lowest BCUT2D eigenvalue weighted by atomic mass is 9.87. The number of urea groups is 1. The van der Waals surface area contributed by atoms with E-state index < -0.39 is 23.5 Å². The maximum atomic E-state index is 11.5. The Balaban J connectivity index is 2.32. The van der Waals surface area contributed by atoms with Gasteiger partial charge in [0.1, 0.15) is 6.04 Å². The Morgan fingerprint density at radius 3 is 2.35 bits per heavy atom. The zero-order chi connectivity index (χ0) is 13.1. The average molecular weight is 242 g/mol. The molecule has 0 radical (unpaired) electrons. The van der Waals surface area contributed by atoms with Crippen molar-refractivity contribution in [1.82, 2.24) is 10.6 Å². The molecule has 1 aliphatic rings. The third kappa shape index (κ3) is 5.06. The number of hydrogen-bond acceptors (Lipinski definition) is 2. The van der Waals surface area contributed by atoms with Crippen LogP contribution in [0.25, 0.3) is 0 Å². The van der Waals surface area contributed by atoms with Crippen LogP contribution in [-0.4, -0.2) is 29.7 Å². The first kappa shape index (κ1) is 13.8. The Morgan fingerprint density at radius 1 is 1.35 bits per heavy atom. The summed E-state index contributed by atoms with van der Waals surface area (Å²) in [4.78, 5) is 22.6. The largest absolute Gasteiger partial charge is 0.480 e. The second-order valence-corrected chi connectivity index (χ2v) is 5.77. The Kier molecular flexibility index (Phi) is 4.37. The Hall–Kier alpha value is -1.26. The molecule has 5 heteroatoms. The van der Waals surface area contributed by atoms with Crippen molar-refractivity contribution in [2.24, 2.45) is 11.3 Å². The molecule has 0 unspecified atom stereocenters. The highest BCUT2D eigenvalue weighted by Gasteiger charge is 2.32. The third-order valence-corrected chi connectivity index (χ3v) is 2.92. The average Bonchev–Trinajstić information content (AvgIpc) is 2.95. The smallest absolute Gasteiger partial charge is 0.326 e. The first-order chi connectivity index (χ1) is 7.80. The minimum absolute atomic E-state index is 0.395. The second kappa shape index (κ2) is 5.38. The maximum absolute atomic E-state index is 11.5. The Labute approximate surface area is 102 Å². The molecule has 0 bridgehead atoms. The molecule has 2 amide bonds. The van der Waals surface area contributed by atoms with E-state index in [0.717, 1.165) is 12.3 Å². The van der Waals surface area contributed by atoms with Gasteiger partial charge in [0.15, 0.2) is 0 Å². The predicted molar refractivity (Wildman–Crippen MR) is 64.8 cm³/mol. The molecule has 1 fully saturated rings. The fourth-order valence-corrected chi connectivity index (χ4v) is 1.63. The minimum Gasteiger partial charge on any atom is -0.480 e. The fourth-order valence-electron chi connectivity index (χ4n) is 1.63. The Morgan fingerprint density at radius 2 is 1.94 bits per heavy atom. The van der Waals surface area contributed by atoms with E-state index in [1.807, 2.05) is 0 Å². The normalized spacial score (nSPS) is 17.4. The number of carbonyl (C=O) groups excluding carboxylic acids is 1. The van der Waals surface area contributed by atoms with Gasteiger partial charge in [0.05, 0.1) is 0 Å². The highest BCUT2D eigenvalue weighted by atomic mass is 16.4. The van der Waals surface area contributed by atoms with Gasteiger partial charge in [-0.15, -0.1) is 0 Å². The molecule has 0 aromatic heterocycles. The van der Waals surface area contributed by atoms with Crippen LogP contribution in [0, 0.1) is 11.3 Å². The van der Waals surface area contributed by atoms with Gasteiger partial charge < -0.3 is 15.7 Å². The molecule has 0 aliphatic heterocycles. The zero-order valence-electron chi connectivity index (χ0n) is 10.7. The SMILES string of the molecule is CC(C)(C)[C@@H](NC(=O)NCCC1CC1)C(=O)O. The van der Waals surface area contributed by atoms with Crippen LogP contribution in [0.15, 0.2) is 0 Å². The van der Waals surface area contributed by atoms with Gasteiger partial charge in [-0.2, -0.15) is 0 Å². The molecule has 0 heterocycles. The van der Waals surface area contributed by atoms with Crippen LogP contribution in [0.3, 0.4) is 0 Å². The lowest BCUT2D eigenvalue weighted by molar-refractivity contribution is -0.141. The highest BCUT2D eigenvalue weighted by Crippen LogP contribution is 2.31. The van der Waals surface area contributed by atoms with Gasteiger partial charge in [-0.1, -0.05) is 33.6 Å². The summed E-state index contributed by atoms with van der Waals surface area (Å²) in [5, 5.41) is 14.2. The number of amides is 2. The summed E-state index contributed by atoms with van der Waals surface area (Å²) in [6.07, 6.45) is 3.49. The van der Waals surface area contributed by atoms with E-state index in [1.54, 1.807) is 20.8 Å². The van der Waals surface area contributed by atoms with Crippen molar-refractivity contribution in [2.75, 3.05) is 6.54 Å². The van der Waals surface area contributed by atoms with E-state index >= 15 is 0 Å². The van der Waals surface area contributed by atoms with Gasteiger partial charge in [-0.25, -0.2) is 9.59 Å². The first-order valence-electron chi connectivity index (χ1n) is 6.08. The fraction of sp³-hybridized carbons (Fsp3) is 0.833. The summed E-state index contributed by atoms with van der Waals surface area (Å²) in [5.41, 5.74) is -0.500. The van der Waals surface area contributed by atoms with Crippen molar-refractivity contribution in [3.05, 3.63) is 0 Å². The summed E-state index contributed by atoms with van der Waals surface area (Å²) in [5.74, 6) is -0.247.